The zero-order valence-electron chi connectivity index (χ0n) is 12.7. The van der Waals surface area contributed by atoms with Crippen molar-refractivity contribution in [3.05, 3.63) is 96.6 Å². The lowest BCUT2D eigenvalue weighted by atomic mass is 9.92. The van der Waals surface area contributed by atoms with Gasteiger partial charge >= 0.3 is 0 Å². The lowest BCUT2D eigenvalue weighted by Crippen LogP contribution is -1.99. The van der Waals surface area contributed by atoms with E-state index in [-0.39, 0.29) is 0 Å². The van der Waals surface area contributed by atoms with Gasteiger partial charge in [0.2, 0.25) is 0 Å². The Kier molecular flexibility index (Phi) is 4.25. The van der Waals surface area contributed by atoms with E-state index in [9.17, 15) is 0 Å². The molecule has 0 N–H and O–H groups in total. The molecule has 0 nitrogen and oxygen atoms in total. The van der Waals surface area contributed by atoms with E-state index < -0.39 is 0 Å². The number of aryl methyl sites for hydroxylation is 1. The van der Waals surface area contributed by atoms with Crippen LogP contribution < -0.4 is 0 Å². The van der Waals surface area contributed by atoms with Gasteiger partial charge in [-0.05, 0) is 46.4 Å². The molecule has 1 unspecified atom stereocenters. The molecule has 0 amide bonds. The van der Waals surface area contributed by atoms with Crippen LogP contribution in [0.1, 0.15) is 26.8 Å². The number of benzene rings is 1. The zero-order chi connectivity index (χ0) is 15.6. The molecule has 114 valence electrons. The fourth-order valence-corrected chi connectivity index (χ4v) is 5.82. The Morgan fingerprint density at radius 1 is 0.870 bits per heavy atom. The number of allylic oxidation sites excluding steroid dienone is 2. The van der Waals surface area contributed by atoms with E-state index in [1.54, 1.807) is 0 Å². The first-order valence-corrected chi connectivity index (χ1v) is 10.2. The van der Waals surface area contributed by atoms with E-state index in [4.69, 9.17) is 0 Å². The highest BCUT2D eigenvalue weighted by molar-refractivity contribution is 8.06. The Morgan fingerprint density at radius 2 is 1.57 bits per heavy atom. The van der Waals surface area contributed by atoms with Crippen LogP contribution in [0, 0.1) is 6.92 Å². The van der Waals surface area contributed by atoms with E-state index in [1.807, 2.05) is 34.4 Å². The Balaban J connectivity index is 1.90. The fraction of sp³-hybridized carbons (Fsp3) is 0.100. The Labute approximate surface area is 149 Å². The summed E-state index contributed by atoms with van der Waals surface area (Å²) in [4.78, 5) is 4.17. The topological polar surface area (TPSA) is 0 Å². The monoisotopic (exact) mass is 352 g/mol. The third-order valence-electron chi connectivity index (χ3n) is 4.05. The van der Waals surface area contributed by atoms with Gasteiger partial charge in [-0.1, -0.05) is 42.5 Å². The summed E-state index contributed by atoms with van der Waals surface area (Å²) in [6.07, 6.45) is 2.34. The number of hydrogen-bond donors (Lipinski definition) is 0. The summed E-state index contributed by atoms with van der Waals surface area (Å²) in [5.41, 5.74) is 4.17. The van der Waals surface area contributed by atoms with Crippen LogP contribution in [-0.4, -0.2) is 0 Å². The molecule has 0 bridgehead atoms. The van der Waals surface area contributed by atoms with Crippen LogP contribution in [-0.2, 0) is 0 Å². The largest absolute Gasteiger partial charge is 0.144 e. The minimum Gasteiger partial charge on any atom is -0.144 e. The lowest BCUT2D eigenvalue weighted by Gasteiger charge is -2.17. The van der Waals surface area contributed by atoms with Gasteiger partial charge in [0.05, 0.1) is 0 Å². The van der Waals surface area contributed by atoms with E-state index in [1.165, 1.54) is 31.4 Å². The number of thiophene rings is 2. The van der Waals surface area contributed by atoms with Crippen molar-refractivity contribution in [1.29, 1.82) is 0 Å². The summed E-state index contributed by atoms with van der Waals surface area (Å²) in [5.74, 6) is 0.361. The summed E-state index contributed by atoms with van der Waals surface area (Å²) in [7, 11) is 0. The smallest absolute Gasteiger partial charge is 0.0365 e. The SMILES string of the molecule is Cc1ccccc1C1C=CSC1=C(c1cccs1)c1cccs1. The van der Waals surface area contributed by atoms with Crippen molar-refractivity contribution < 1.29 is 0 Å². The van der Waals surface area contributed by atoms with Crippen molar-refractivity contribution >= 4 is 40.0 Å². The van der Waals surface area contributed by atoms with Gasteiger partial charge in [-0.2, -0.15) is 0 Å². The van der Waals surface area contributed by atoms with Crippen molar-refractivity contribution in [3.63, 3.8) is 0 Å². The molecule has 0 fully saturated rings. The van der Waals surface area contributed by atoms with Crippen LogP contribution >= 0.6 is 34.4 Å². The van der Waals surface area contributed by atoms with Crippen LogP contribution in [0.15, 0.2) is 75.7 Å². The summed E-state index contributed by atoms with van der Waals surface area (Å²) in [5, 5.41) is 6.58. The van der Waals surface area contributed by atoms with Crippen molar-refractivity contribution in [3.8, 4) is 0 Å². The van der Waals surface area contributed by atoms with Crippen LogP contribution in [0.25, 0.3) is 5.57 Å². The molecule has 1 aromatic carbocycles. The van der Waals surface area contributed by atoms with Crippen LogP contribution in [0.2, 0.25) is 0 Å². The molecule has 0 saturated carbocycles. The highest BCUT2D eigenvalue weighted by atomic mass is 32.2. The van der Waals surface area contributed by atoms with Gasteiger partial charge in [0.1, 0.15) is 0 Å². The third-order valence-corrected chi connectivity index (χ3v) is 6.83. The molecule has 3 heterocycles. The Morgan fingerprint density at radius 3 is 2.17 bits per heavy atom. The van der Waals surface area contributed by atoms with E-state index in [0.29, 0.717) is 5.92 Å². The van der Waals surface area contributed by atoms with Gasteiger partial charge in [-0.3, -0.25) is 0 Å². The van der Waals surface area contributed by atoms with E-state index in [0.717, 1.165) is 0 Å². The first kappa shape index (κ1) is 15.0. The molecule has 0 radical (unpaired) electrons. The summed E-state index contributed by atoms with van der Waals surface area (Å²) < 4.78 is 0. The molecule has 1 atom stereocenters. The Bertz CT molecular complexity index is 816. The predicted molar refractivity (Wildman–Crippen MR) is 105 cm³/mol. The zero-order valence-corrected chi connectivity index (χ0v) is 15.2. The molecule has 0 aliphatic carbocycles. The van der Waals surface area contributed by atoms with Crippen LogP contribution in [0.3, 0.4) is 0 Å². The average molecular weight is 353 g/mol. The maximum atomic E-state index is 2.34. The minimum atomic E-state index is 0.361. The van der Waals surface area contributed by atoms with Gasteiger partial charge in [0, 0.05) is 26.2 Å². The summed E-state index contributed by atoms with van der Waals surface area (Å²) >= 11 is 5.52. The van der Waals surface area contributed by atoms with Crippen LogP contribution in [0.4, 0.5) is 0 Å². The van der Waals surface area contributed by atoms with Crippen LogP contribution in [0.5, 0.6) is 0 Å². The molecule has 23 heavy (non-hydrogen) atoms. The quantitative estimate of drug-likeness (QED) is 0.493. The van der Waals surface area contributed by atoms with E-state index >= 15 is 0 Å². The van der Waals surface area contributed by atoms with Gasteiger partial charge in [0.15, 0.2) is 0 Å². The maximum absolute atomic E-state index is 2.34. The molecule has 2 aromatic heterocycles. The van der Waals surface area contributed by atoms with E-state index in [2.05, 4.69) is 77.7 Å². The standard InChI is InChI=1S/C20H16S3/c1-14-6-2-3-7-15(14)16-10-13-23-20(16)19(17-8-4-11-21-17)18-9-5-12-22-18/h2-13,16H,1H3. The maximum Gasteiger partial charge on any atom is 0.0365 e. The van der Waals surface area contributed by atoms with Gasteiger partial charge in [-0.25, -0.2) is 0 Å². The fourth-order valence-electron chi connectivity index (χ4n) is 2.95. The second-order valence-electron chi connectivity index (χ2n) is 5.47. The third kappa shape index (κ3) is 2.85. The predicted octanol–water partition coefficient (Wildman–Crippen LogP) is 6.92. The average Bonchev–Trinajstić information content (AvgIpc) is 3.32. The second kappa shape index (κ2) is 6.52. The van der Waals surface area contributed by atoms with Crippen molar-refractivity contribution in [1.82, 2.24) is 0 Å². The summed E-state index contributed by atoms with van der Waals surface area (Å²) in [6, 6.07) is 17.5. The lowest BCUT2D eigenvalue weighted by molar-refractivity contribution is 1.06. The second-order valence-corrected chi connectivity index (χ2v) is 8.32. The molecule has 4 rings (SSSR count). The van der Waals surface area contributed by atoms with Crippen molar-refractivity contribution in [2.75, 3.05) is 0 Å². The summed E-state index contributed by atoms with van der Waals surface area (Å²) in [6.45, 7) is 2.21. The van der Waals surface area contributed by atoms with Gasteiger partial charge in [-0.15, -0.1) is 34.4 Å². The molecular weight excluding hydrogens is 336 g/mol. The van der Waals surface area contributed by atoms with Crippen molar-refractivity contribution in [2.45, 2.75) is 12.8 Å². The number of hydrogen-bond acceptors (Lipinski definition) is 3. The molecular formula is C20H16S3. The molecule has 1 aliphatic heterocycles. The van der Waals surface area contributed by atoms with Crippen molar-refractivity contribution in [2.24, 2.45) is 0 Å². The highest BCUT2D eigenvalue weighted by Crippen LogP contribution is 2.48. The molecule has 1 aliphatic rings. The Hall–Kier alpha value is -1.55. The van der Waals surface area contributed by atoms with Gasteiger partial charge in [0.25, 0.3) is 0 Å². The minimum absolute atomic E-state index is 0.361. The first-order valence-electron chi connectivity index (χ1n) is 7.55. The number of rotatable bonds is 3. The molecule has 3 heteroatoms. The molecule has 0 saturated heterocycles. The van der Waals surface area contributed by atoms with Gasteiger partial charge < -0.3 is 0 Å². The molecule has 3 aromatic rings. The number of thioether (sulfide) groups is 1. The normalized spacial score (nSPS) is 16.9. The highest BCUT2D eigenvalue weighted by Gasteiger charge is 2.25. The first-order chi connectivity index (χ1) is 11.3. The molecule has 0 spiro atoms.